The molecular weight excluding hydrogens is 393 g/mol. The maximum Gasteiger partial charge on any atom is 0.475 e. The first-order chi connectivity index (χ1) is 14.3. The Kier molecular flexibility index (Phi) is 6.53. The average Bonchev–Trinajstić information content (AvgIpc) is 3.21. The highest BCUT2D eigenvalue weighted by molar-refractivity contribution is 6.43. The molecule has 1 fully saturated rings. The van der Waals surface area contributed by atoms with E-state index in [0.29, 0.717) is 41.6 Å². The molecule has 1 aliphatic rings. The summed E-state index contributed by atoms with van der Waals surface area (Å²) >= 11 is 0. The maximum atomic E-state index is 12.8. The van der Waals surface area contributed by atoms with E-state index in [1.807, 2.05) is 0 Å². The number of carbonyl (C=O) groups excluding carboxylic acids is 2. The van der Waals surface area contributed by atoms with Crippen LogP contribution in [-0.4, -0.2) is 75.1 Å². The fourth-order valence-corrected chi connectivity index (χ4v) is 3.52. The Hall–Kier alpha value is -3.18. The zero-order chi connectivity index (χ0) is 21.8. The summed E-state index contributed by atoms with van der Waals surface area (Å²) in [5.74, 6) is -2.35. The number of rotatable bonds is 7. The van der Waals surface area contributed by atoms with Crippen molar-refractivity contribution < 1.29 is 34.3 Å². The summed E-state index contributed by atoms with van der Waals surface area (Å²) in [7, 11) is -1.62. The lowest BCUT2D eigenvalue weighted by Gasteiger charge is -2.27. The lowest BCUT2D eigenvalue weighted by molar-refractivity contribution is -0.139. The van der Waals surface area contributed by atoms with Gasteiger partial charge in [0.05, 0.1) is 17.0 Å². The number of hydrogen-bond donors (Lipinski definition) is 4. The minimum Gasteiger partial charge on any atom is -0.482 e. The minimum atomic E-state index is -1.62. The molecule has 4 N–H and O–H groups in total. The topological polar surface area (TPSA) is 149 Å². The fraction of sp³-hybridized carbons (Fsp3) is 0.368. The second-order valence-corrected chi connectivity index (χ2v) is 7.07. The number of fused-ring (bicyclic) bond motifs is 1. The van der Waals surface area contributed by atoms with E-state index >= 15 is 0 Å². The Bertz CT molecular complexity index is 968. The molecule has 0 spiro atoms. The third-order valence-electron chi connectivity index (χ3n) is 4.97. The van der Waals surface area contributed by atoms with Crippen LogP contribution < -0.4 is 10.1 Å². The molecule has 2 amide bonds. The number of benzene rings is 1. The Morgan fingerprint density at radius 1 is 1.33 bits per heavy atom. The number of nitrogens with one attached hydrogen (secondary N) is 1. The van der Waals surface area contributed by atoms with Crippen molar-refractivity contribution in [2.45, 2.75) is 31.7 Å². The maximum absolute atomic E-state index is 12.8. The molecule has 30 heavy (non-hydrogen) atoms. The normalized spacial score (nSPS) is 16.9. The van der Waals surface area contributed by atoms with Crippen molar-refractivity contribution in [2.75, 3.05) is 13.2 Å². The number of hydrogen-bond acceptors (Lipinski definition) is 7. The second kappa shape index (κ2) is 9.10. The van der Waals surface area contributed by atoms with E-state index in [-0.39, 0.29) is 5.91 Å². The Balaban J connectivity index is 1.74. The van der Waals surface area contributed by atoms with E-state index in [0.717, 1.165) is 0 Å². The molecule has 0 aliphatic carbocycles. The molecule has 1 unspecified atom stereocenters. The summed E-state index contributed by atoms with van der Waals surface area (Å²) in [5, 5.41) is 30.8. The van der Waals surface area contributed by atoms with Gasteiger partial charge in [-0.05, 0) is 38.0 Å². The standard InChI is InChI=1S/C19H22BN3O7/c1-11(19(27)23-8-2-3-16(23)20(28)29)22-18(26)14-6-7-21-15-9-12(4-5-13(14)15)30-10-17(24)25/h4-7,9,11,16,28-29H,2-3,8,10H2,1H3,(H,22,26)(H,24,25)/t11-,16?/m1/s1. The number of carbonyl (C=O) groups is 3. The number of aromatic nitrogens is 1. The lowest BCUT2D eigenvalue weighted by atomic mass is 9.78. The number of nitrogens with zero attached hydrogens (tertiary/aromatic N) is 2. The Labute approximate surface area is 172 Å². The van der Waals surface area contributed by atoms with Gasteiger partial charge >= 0.3 is 13.1 Å². The summed E-state index contributed by atoms with van der Waals surface area (Å²) in [6, 6.07) is 5.32. The number of pyridine rings is 1. The highest BCUT2D eigenvalue weighted by Crippen LogP contribution is 2.23. The first kappa shape index (κ1) is 21.5. The minimum absolute atomic E-state index is 0.296. The van der Waals surface area contributed by atoms with Gasteiger partial charge < -0.3 is 30.1 Å². The van der Waals surface area contributed by atoms with E-state index in [1.54, 1.807) is 13.0 Å². The molecule has 1 saturated heterocycles. The van der Waals surface area contributed by atoms with E-state index < -0.39 is 37.6 Å². The fourth-order valence-electron chi connectivity index (χ4n) is 3.52. The molecule has 0 bridgehead atoms. The van der Waals surface area contributed by atoms with Crippen LogP contribution in [0.25, 0.3) is 10.9 Å². The van der Waals surface area contributed by atoms with Crippen LogP contribution in [0.3, 0.4) is 0 Å². The van der Waals surface area contributed by atoms with Crippen LogP contribution in [0.1, 0.15) is 30.1 Å². The number of ether oxygens (including phenoxy) is 1. The summed E-state index contributed by atoms with van der Waals surface area (Å²) in [6.07, 6.45) is 2.59. The average molecular weight is 415 g/mol. The number of aliphatic carboxylic acids is 1. The molecule has 0 radical (unpaired) electrons. The molecule has 10 nitrogen and oxygen atoms in total. The van der Waals surface area contributed by atoms with E-state index in [2.05, 4.69) is 10.3 Å². The third kappa shape index (κ3) is 4.69. The van der Waals surface area contributed by atoms with Crippen LogP contribution in [0.4, 0.5) is 0 Å². The van der Waals surface area contributed by atoms with Crippen molar-refractivity contribution in [3.05, 3.63) is 36.0 Å². The predicted molar refractivity (Wildman–Crippen MR) is 107 cm³/mol. The van der Waals surface area contributed by atoms with Gasteiger partial charge in [0.1, 0.15) is 11.8 Å². The molecule has 158 valence electrons. The van der Waals surface area contributed by atoms with Crippen LogP contribution in [-0.2, 0) is 9.59 Å². The van der Waals surface area contributed by atoms with Crippen molar-refractivity contribution in [2.24, 2.45) is 0 Å². The molecule has 11 heteroatoms. The van der Waals surface area contributed by atoms with Gasteiger partial charge in [-0.25, -0.2) is 4.79 Å². The molecule has 0 saturated carbocycles. The summed E-state index contributed by atoms with van der Waals surface area (Å²) in [4.78, 5) is 41.7. The largest absolute Gasteiger partial charge is 0.482 e. The van der Waals surface area contributed by atoms with Crippen molar-refractivity contribution >= 4 is 35.8 Å². The smallest absolute Gasteiger partial charge is 0.475 e. The number of likely N-dealkylation sites (tertiary alicyclic amines) is 1. The first-order valence-electron chi connectivity index (χ1n) is 9.48. The molecule has 1 aromatic heterocycles. The van der Waals surface area contributed by atoms with Gasteiger partial charge in [0.15, 0.2) is 6.61 Å². The summed E-state index contributed by atoms with van der Waals surface area (Å²) in [6.45, 7) is 1.45. The zero-order valence-corrected chi connectivity index (χ0v) is 16.3. The molecule has 2 aromatic rings. The van der Waals surface area contributed by atoms with Crippen LogP contribution in [0.15, 0.2) is 30.5 Å². The van der Waals surface area contributed by atoms with Crippen LogP contribution in [0.5, 0.6) is 5.75 Å². The van der Waals surface area contributed by atoms with Crippen LogP contribution in [0.2, 0.25) is 0 Å². The lowest BCUT2D eigenvalue weighted by Crippen LogP contribution is -2.52. The number of amides is 2. The highest BCUT2D eigenvalue weighted by Gasteiger charge is 2.38. The first-order valence-corrected chi connectivity index (χ1v) is 9.48. The molecule has 1 aliphatic heterocycles. The Morgan fingerprint density at radius 3 is 2.80 bits per heavy atom. The van der Waals surface area contributed by atoms with Gasteiger partial charge in [-0.1, -0.05) is 0 Å². The van der Waals surface area contributed by atoms with Crippen molar-refractivity contribution in [1.29, 1.82) is 0 Å². The van der Waals surface area contributed by atoms with E-state index in [1.165, 1.54) is 29.3 Å². The summed E-state index contributed by atoms with van der Waals surface area (Å²) < 4.78 is 5.13. The van der Waals surface area contributed by atoms with Crippen LogP contribution >= 0.6 is 0 Å². The molecule has 3 rings (SSSR count). The Morgan fingerprint density at radius 2 is 2.10 bits per heavy atom. The summed E-state index contributed by atoms with van der Waals surface area (Å²) in [5.41, 5.74) is 0.733. The van der Waals surface area contributed by atoms with E-state index in [9.17, 15) is 24.4 Å². The van der Waals surface area contributed by atoms with Gasteiger partial charge in [0.2, 0.25) is 5.91 Å². The second-order valence-electron chi connectivity index (χ2n) is 7.07. The van der Waals surface area contributed by atoms with Crippen molar-refractivity contribution in [3.8, 4) is 5.75 Å². The number of carboxylic acids is 1. The SMILES string of the molecule is C[C@@H](NC(=O)c1ccnc2cc(OCC(=O)O)ccc12)C(=O)N1CCCC1B(O)O. The van der Waals surface area contributed by atoms with Gasteiger partial charge in [-0.2, -0.15) is 0 Å². The van der Waals surface area contributed by atoms with Gasteiger partial charge in [-0.15, -0.1) is 0 Å². The molecule has 2 atom stereocenters. The van der Waals surface area contributed by atoms with Crippen molar-refractivity contribution in [1.82, 2.24) is 15.2 Å². The zero-order valence-electron chi connectivity index (χ0n) is 16.3. The van der Waals surface area contributed by atoms with E-state index in [4.69, 9.17) is 9.84 Å². The predicted octanol–water partition coefficient (Wildman–Crippen LogP) is -0.180. The third-order valence-corrected chi connectivity index (χ3v) is 4.97. The molecular formula is C19H22BN3O7. The number of carboxylic acid groups (broad SMARTS) is 1. The van der Waals surface area contributed by atoms with Gasteiger partial charge in [-0.3, -0.25) is 14.6 Å². The highest BCUT2D eigenvalue weighted by atomic mass is 16.5. The molecule has 1 aromatic carbocycles. The van der Waals surface area contributed by atoms with Crippen molar-refractivity contribution in [3.63, 3.8) is 0 Å². The molecule has 2 heterocycles. The van der Waals surface area contributed by atoms with Gasteiger partial charge in [0.25, 0.3) is 5.91 Å². The van der Waals surface area contributed by atoms with Crippen LogP contribution in [0, 0.1) is 0 Å². The van der Waals surface area contributed by atoms with Gasteiger partial charge in [0, 0.05) is 24.2 Å². The quantitative estimate of drug-likeness (QED) is 0.455. The monoisotopic (exact) mass is 415 g/mol.